The maximum Gasteiger partial charge on any atom is 0.235 e. The lowest BCUT2D eigenvalue weighted by atomic mass is 9.92. The topological polar surface area (TPSA) is 92.5 Å². The van der Waals surface area contributed by atoms with Crippen LogP contribution in [-0.2, 0) is 14.4 Å². The zero-order valence-corrected chi connectivity index (χ0v) is 13.0. The van der Waals surface area contributed by atoms with Crippen molar-refractivity contribution in [2.45, 2.75) is 25.2 Å². The van der Waals surface area contributed by atoms with Gasteiger partial charge in [-0.05, 0) is 25.0 Å². The Morgan fingerprint density at radius 2 is 2.17 bits per heavy atom. The van der Waals surface area contributed by atoms with E-state index in [1.165, 1.54) is 0 Å². The molecule has 24 heavy (non-hydrogen) atoms. The maximum atomic E-state index is 12.2. The number of benzene rings is 1. The van der Waals surface area contributed by atoms with Gasteiger partial charge in [0.15, 0.2) is 5.58 Å². The molecule has 0 bridgehead atoms. The third kappa shape index (κ3) is 2.36. The maximum absolute atomic E-state index is 12.2. The van der Waals surface area contributed by atoms with Gasteiger partial charge in [0.05, 0.1) is 11.3 Å². The minimum absolute atomic E-state index is 0.0270. The molecule has 1 aromatic carbocycles. The molecule has 2 amide bonds. The summed E-state index contributed by atoms with van der Waals surface area (Å²) in [6.45, 7) is 1.44. The summed E-state index contributed by atoms with van der Waals surface area (Å²) in [6, 6.07) is 5.65. The number of piperidine rings is 1. The van der Waals surface area contributed by atoms with Crippen molar-refractivity contribution < 1.29 is 18.9 Å². The summed E-state index contributed by atoms with van der Waals surface area (Å²) in [5, 5.41) is 7.29. The summed E-state index contributed by atoms with van der Waals surface area (Å²) in [4.78, 5) is 36.8. The van der Waals surface area contributed by atoms with Crippen LogP contribution in [0.15, 0.2) is 22.7 Å². The third-order valence-electron chi connectivity index (χ3n) is 4.83. The second kappa shape index (κ2) is 5.74. The number of anilines is 1. The van der Waals surface area contributed by atoms with Gasteiger partial charge < -0.3 is 14.2 Å². The predicted molar refractivity (Wildman–Crippen MR) is 85.5 cm³/mol. The number of imide groups is 1. The first-order chi connectivity index (χ1) is 11.7. The molecule has 0 spiro atoms. The largest absolute Gasteiger partial charge is 0.370 e. The number of hydrogen-bond acceptors (Lipinski definition) is 6. The molecule has 4 rings (SSSR count). The minimum atomic E-state index is -0.491. The van der Waals surface area contributed by atoms with Crippen LogP contribution in [0.5, 0.6) is 0 Å². The first-order valence-corrected chi connectivity index (χ1v) is 8.09. The molecular formula is C17H17N3O4. The zero-order valence-electron chi connectivity index (χ0n) is 13.0. The van der Waals surface area contributed by atoms with Crippen LogP contribution in [0.3, 0.4) is 0 Å². The highest BCUT2D eigenvalue weighted by molar-refractivity contribution is 6.04. The lowest BCUT2D eigenvalue weighted by molar-refractivity contribution is -0.134. The van der Waals surface area contributed by atoms with E-state index in [0.717, 1.165) is 30.3 Å². The highest BCUT2D eigenvalue weighted by atomic mass is 16.5. The zero-order chi connectivity index (χ0) is 16.7. The van der Waals surface area contributed by atoms with Crippen LogP contribution in [0, 0.1) is 5.92 Å². The first kappa shape index (κ1) is 14.9. The first-order valence-electron chi connectivity index (χ1n) is 8.09. The van der Waals surface area contributed by atoms with Crippen LogP contribution in [0.2, 0.25) is 0 Å². The Morgan fingerprint density at radius 1 is 1.29 bits per heavy atom. The summed E-state index contributed by atoms with van der Waals surface area (Å²) < 4.78 is 5.42. The van der Waals surface area contributed by atoms with Gasteiger partial charge in [-0.2, -0.15) is 0 Å². The summed E-state index contributed by atoms with van der Waals surface area (Å²) in [5.41, 5.74) is 2.11. The highest BCUT2D eigenvalue weighted by Gasteiger charge is 2.34. The Balaban J connectivity index is 1.76. The average molecular weight is 327 g/mol. The molecule has 0 radical (unpaired) electrons. The standard InChI is InChI=1S/C17H17N3O4/c21-9-10-6-7-20(8-10)12-2-1-3-13-15(12)16(19-24-13)11-4-5-14(22)18-17(11)23/h1-3,9-11H,4-8H2,(H,18,22,23)/t10-,11?/m0/s1. The van der Waals surface area contributed by atoms with Gasteiger partial charge in [-0.15, -0.1) is 0 Å². The number of amides is 2. The van der Waals surface area contributed by atoms with Crippen molar-refractivity contribution in [2.24, 2.45) is 5.92 Å². The number of hydrogen-bond donors (Lipinski definition) is 1. The Morgan fingerprint density at radius 3 is 2.92 bits per heavy atom. The van der Waals surface area contributed by atoms with Crippen molar-refractivity contribution in [1.82, 2.24) is 10.5 Å². The number of fused-ring (bicyclic) bond motifs is 1. The number of rotatable bonds is 3. The molecule has 2 aromatic rings. The third-order valence-corrected chi connectivity index (χ3v) is 4.83. The molecule has 2 fully saturated rings. The molecule has 1 unspecified atom stereocenters. The van der Waals surface area contributed by atoms with E-state index in [0.29, 0.717) is 30.7 Å². The van der Waals surface area contributed by atoms with Crippen LogP contribution < -0.4 is 10.2 Å². The number of aromatic nitrogens is 1. The van der Waals surface area contributed by atoms with Gasteiger partial charge in [-0.25, -0.2) is 0 Å². The second-order valence-corrected chi connectivity index (χ2v) is 6.35. The van der Waals surface area contributed by atoms with Gasteiger partial charge in [0, 0.05) is 31.1 Å². The summed E-state index contributed by atoms with van der Waals surface area (Å²) in [7, 11) is 0. The van der Waals surface area contributed by atoms with Crippen molar-refractivity contribution >= 4 is 34.8 Å². The van der Waals surface area contributed by atoms with E-state index >= 15 is 0 Å². The minimum Gasteiger partial charge on any atom is -0.370 e. The van der Waals surface area contributed by atoms with Crippen molar-refractivity contribution in [3.63, 3.8) is 0 Å². The monoisotopic (exact) mass is 327 g/mol. The molecule has 2 aliphatic heterocycles. The number of nitrogens with one attached hydrogen (secondary N) is 1. The second-order valence-electron chi connectivity index (χ2n) is 6.35. The molecule has 1 aromatic heterocycles. The van der Waals surface area contributed by atoms with Gasteiger partial charge >= 0.3 is 0 Å². The summed E-state index contributed by atoms with van der Waals surface area (Å²) in [5.74, 6) is -1.05. The average Bonchev–Trinajstić information content (AvgIpc) is 3.21. The van der Waals surface area contributed by atoms with Crippen molar-refractivity contribution in [2.75, 3.05) is 18.0 Å². The van der Waals surface area contributed by atoms with E-state index in [4.69, 9.17) is 4.52 Å². The van der Waals surface area contributed by atoms with E-state index < -0.39 is 5.92 Å². The van der Waals surface area contributed by atoms with Gasteiger partial charge in [0.25, 0.3) is 0 Å². The Labute approximate surface area is 138 Å². The van der Waals surface area contributed by atoms with Crippen LogP contribution >= 0.6 is 0 Å². The predicted octanol–water partition coefficient (Wildman–Crippen LogP) is 1.37. The van der Waals surface area contributed by atoms with Crippen LogP contribution in [-0.4, -0.2) is 36.3 Å². The molecule has 0 aliphatic carbocycles. The fourth-order valence-electron chi connectivity index (χ4n) is 3.57. The molecule has 2 atom stereocenters. The summed E-state index contributed by atoms with van der Waals surface area (Å²) in [6.07, 6.45) is 2.54. The number of aldehydes is 1. The van der Waals surface area contributed by atoms with Crippen LogP contribution in [0.1, 0.15) is 30.9 Å². The lowest BCUT2D eigenvalue weighted by Gasteiger charge is -2.22. The Bertz CT molecular complexity index is 828. The number of nitrogens with zero attached hydrogens (tertiary/aromatic N) is 2. The van der Waals surface area contributed by atoms with E-state index in [-0.39, 0.29) is 17.7 Å². The normalized spacial score (nSPS) is 24.4. The molecule has 3 heterocycles. The molecule has 2 saturated heterocycles. The van der Waals surface area contributed by atoms with Gasteiger partial charge in [0.2, 0.25) is 11.8 Å². The highest BCUT2D eigenvalue weighted by Crippen LogP contribution is 2.37. The van der Waals surface area contributed by atoms with Crippen molar-refractivity contribution in [3.05, 3.63) is 23.9 Å². The van der Waals surface area contributed by atoms with E-state index in [2.05, 4.69) is 15.4 Å². The molecule has 0 saturated carbocycles. The molecule has 2 aliphatic rings. The number of carbonyl (C=O) groups is 3. The van der Waals surface area contributed by atoms with Crippen molar-refractivity contribution in [3.8, 4) is 0 Å². The fourth-order valence-corrected chi connectivity index (χ4v) is 3.57. The summed E-state index contributed by atoms with van der Waals surface area (Å²) >= 11 is 0. The molecule has 7 nitrogen and oxygen atoms in total. The molecule has 7 heteroatoms. The Kier molecular flexibility index (Phi) is 3.55. The molecule has 1 N–H and O–H groups in total. The van der Waals surface area contributed by atoms with Gasteiger partial charge in [-0.3, -0.25) is 14.9 Å². The van der Waals surface area contributed by atoms with Crippen LogP contribution in [0.25, 0.3) is 11.0 Å². The van der Waals surface area contributed by atoms with Gasteiger partial charge in [0.1, 0.15) is 12.0 Å². The van der Waals surface area contributed by atoms with E-state index in [9.17, 15) is 14.4 Å². The smallest absolute Gasteiger partial charge is 0.235 e. The lowest BCUT2D eigenvalue weighted by Crippen LogP contribution is -2.39. The Hall–Kier alpha value is -2.70. The SMILES string of the molecule is O=C[C@H]1CCN(c2cccc3onc(C4CCC(=O)NC4=O)c23)C1. The van der Waals surface area contributed by atoms with Gasteiger partial charge in [-0.1, -0.05) is 11.2 Å². The van der Waals surface area contributed by atoms with E-state index in [1.807, 2.05) is 18.2 Å². The number of carbonyl (C=O) groups excluding carboxylic acids is 3. The fraction of sp³-hybridized carbons (Fsp3) is 0.412. The van der Waals surface area contributed by atoms with Crippen molar-refractivity contribution in [1.29, 1.82) is 0 Å². The molecular weight excluding hydrogens is 310 g/mol. The quantitative estimate of drug-likeness (QED) is 0.676. The van der Waals surface area contributed by atoms with E-state index in [1.54, 1.807) is 0 Å². The van der Waals surface area contributed by atoms with Crippen LogP contribution in [0.4, 0.5) is 5.69 Å². The molecule has 124 valence electrons.